The van der Waals surface area contributed by atoms with Gasteiger partial charge in [0.15, 0.2) is 6.29 Å². The van der Waals surface area contributed by atoms with E-state index in [1.165, 1.54) is 5.56 Å². The van der Waals surface area contributed by atoms with Crippen molar-refractivity contribution in [2.45, 2.75) is 26.4 Å². The van der Waals surface area contributed by atoms with Crippen LogP contribution in [0.2, 0.25) is 0 Å². The Labute approximate surface area is 128 Å². The normalized spacial score (nSPS) is 10.6. The van der Waals surface area contributed by atoms with Gasteiger partial charge in [-0.3, -0.25) is 4.79 Å². The topological polar surface area (TPSA) is 20.3 Å². The molecule has 104 valence electrons. The lowest BCUT2D eigenvalue weighted by Crippen LogP contribution is -2.30. The van der Waals surface area contributed by atoms with Crippen LogP contribution in [0, 0.1) is 0 Å². The Balaban J connectivity index is 2.29. The summed E-state index contributed by atoms with van der Waals surface area (Å²) in [4.78, 5) is 13.2. The largest absolute Gasteiger partial charge is 0.365 e. The van der Waals surface area contributed by atoms with Gasteiger partial charge in [0.1, 0.15) is 0 Å². The highest BCUT2D eigenvalue weighted by molar-refractivity contribution is 9.10. The minimum absolute atomic E-state index is 0.379. The van der Waals surface area contributed by atoms with E-state index in [2.05, 4.69) is 58.9 Å². The molecule has 0 saturated carbocycles. The number of anilines is 1. The van der Waals surface area contributed by atoms with Crippen LogP contribution in [0.5, 0.6) is 0 Å². The van der Waals surface area contributed by atoms with Crippen LogP contribution in [0.15, 0.2) is 53.0 Å². The predicted molar refractivity (Wildman–Crippen MR) is 87.3 cm³/mol. The van der Waals surface area contributed by atoms with Gasteiger partial charge in [0.25, 0.3) is 0 Å². The van der Waals surface area contributed by atoms with Crippen LogP contribution in [-0.4, -0.2) is 12.3 Å². The Morgan fingerprint density at radius 1 is 1.15 bits per heavy atom. The molecule has 0 aliphatic carbocycles. The number of benzene rings is 2. The first kappa shape index (κ1) is 14.8. The minimum atomic E-state index is 0.379. The standard InChI is InChI=1S/C17H18BrNO/c1-13(2)19(11-14-6-4-3-5-7-14)16-9-8-15(12-20)17(18)10-16/h3-10,12-13H,11H2,1-2H3. The maximum atomic E-state index is 10.9. The first-order valence-electron chi connectivity index (χ1n) is 6.67. The lowest BCUT2D eigenvalue weighted by Gasteiger charge is -2.29. The second-order valence-electron chi connectivity index (χ2n) is 5.03. The van der Waals surface area contributed by atoms with Crippen molar-refractivity contribution in [3.8, 4) is 0 Å². The molecule has 0 atom stereocenters. The quantitative estimate of drug-likeness (QED) is 0.741. The Morgan fingerprint density at radius 2 is 1.85 bits per heavy atom. The highest BCUT2D eigenvalue weighted by atomic mass is 79.9. The second-order valence-corrected chi connectivity index (χ2v) is 5.89. The molecule has 20 heavy (non-hydrogen) atoms. The number of nitrogens with zero attached hydrogens (tertiary/aromatic N) is 1. The zero-order chi connectivity index (χ0) is 14.5. The van der Waals surface area contributed by atoms with E-state index in [0.29, 0.717) is 11.6 Å². The molecule has 2 aromatic carbocycles. The molecule has 2 nitrogen and oxygen atoms in total. The summed E-state index contributed by atoms with van der Waals surface area (Å²) in [6.45, 7) is 5.19. The van der Waals surface area contributed by atoms with E-state index in [9.17, 15) is 4.79 Å². The van der Waals surface area contributed by atoms with Crippen LogP contribution in [0.4, 0.5) is 5.69 Å². The first-order chi connectivity index (χ1) is 9.61. The van der Waals surface area contributed by atoms with Crippen molar-refractivity contribution in [3.05, 3.63) is 64.1 Å². The van der Waals surface area contributed by atoms with Crippen molar-refractivity contribution in [2.75, 3.05) is 4.90 Å². The molecule has 0 aliphatic heterocycles. The van der Waals surface area contributed by atoms with Crippen LogP contribution in [0.3, 0.4) is 0 Å². The summed E-state index contributed by atoms with van der Waals surface area (Å²) in [5.41, 5.74) is 3.07. The average molecular weight is 332 g/mol. The summed E-state index contributed by atoms with van der Waals surface area (Å²) in [7, 11) is 0. The molecule has 0 radical (unpaired) electrons. The van der Waals surface area contributed by atoms with Crippen LogP contribution < -0.4 is 4.90 Å². The van der Waals surface area contributed by atoms with Crippen molar-refractivity contribution in [2.24, 2.45) is 0 Å². The van der Waals surface area contributed by atoms with Crippen molar-refractivity contribution in [1.82, 2.24) is 0 Å². The highest BCUT2D eigenvalue weighted by Crippen LogP contribution is 2.26. The maximum Gasteiger partial charge on any atom is 0.151 e. The number of rotatable bonds is 5. The summed E-state index contributed by atoms with van der Waals surface area (Å²) in [5, 5.41) is 0. The minimum Gasteiger partial charge on any atom is -0.365 e. The molecule has 0 fully saturated rings. The molecule has 2 aromatic rings. The SMILES string of the molecule is CC(C)N(Cc1ccccc1)c1ccc(C=O)c(Br)c1. The lowest BCUT2D eigenvalue weighted by atomic mass is 10.1. The third kappa shape index (κ3) is 3.48. The maximum absolute atomic E-state index is 10.9. The molecular formula is C17H18BrNO. The van der Waals surface area contributed by atoms with Gasteiger partial charge in [0, 0.05) is 28.3 Å². The second kappa shape index (κ2) is 6.71. The molecule has 0 heterocycles. The molecular weight excluding hydrogens is 314 g/mol. The molecule has 0 unspecified atom stereocenters. The smallest absolute Gasteiger partial charge is 0.151 e. The van der Waals surface area contributed by atoms with Gasteiger partial charge < -0.3 is 4.90 Å². The number of aldehydes is 1. The third-order valence-electron chi connectivity index (χ3n) is 3.26. The van der Waals surface area contributed by atoms with Crippen LogP contribution >= 0.6 is 15.9 Å². The fraction of sp³-hybridized carbons (Fsp3) is 0.235. The van der Waals surface area contributed by atoms with E-state index >= 15 is 0 Å². The van der Waals surface area contributed by atoms with Crippen molar-refractivity contribution < 1.29 is 4.79 Å². The average Bonchev–Trinajstić information content (AvgIpc) is 2.45. The van der Waals surface area contributed by atoms with Crippen molar-refractivity contribution in [1.29, 1.82) is 0 Å². The molecule has 0 saturated heterocycles. The van der Waals surface area contributed by atoms with Crippen LogP contribution in [0.1, 0.15) is 29.8 Å². The molecule has 0 aliphatic rings. The summed E-state index contributed by atoms with van der Waals surface area (Å²) in [6, 6.07) is 16.6. The number of hydrogen-bond donors (Lipinski definition) is 0. The van der Waals surface area contributed by atoms with Gasteiger partial charge >= 0.3 is 0 Å². The van der Waals surface area contributed by atoms with Gasteiger partial charge in [0.2, 0.25) is 0 Å². The molecule has 0 N–H and O–H groups in total. The lowest BCUT2D eigenvalue weighted by molar-refractivity contribution is 0.112. The first-order valence-corrected chi connectivity index (χ1v) is 7.46. The molecule has 0 spiro atoms. The molecule has 2 rings (SSSR count). The highest BCUT2D eigenvalue weighted by Gasteiger charge is 2.12. The Kier molecular flexibility index (Phi) is 4.96. The van der Waals surface area contributed by atoms with Gasteiger partial charge in [-0.1, -0.05) is 30.3 Å². The van der Waals surface area contributed by atoms with Crippen LogP contribution in [-0.2, 0) is 6.54 Å². The van der Waals surface area contributed by atoms with Crippen LogP contribution in [0.25, 0.3) is 0 Å². The Bertz CT molecular complexity index is 581. The van der Waals surface area contributed by atoms with Crippen molar-refractivity contribution in [3.63, 3.8) is 0 Å². The van der Waals surface area contributed by atoms with E-state index in [-0.39, 0.29) is 0 Å². The van der Waals surface area contributed by atoms with Crippen molar-refractivity contribution >= 4 is 27.9 Å². The number of carbonyl (C=O) groups is 1. The number of hydrogen-bond acceptors (Lipinski definition) is 2. The summed E-state index contributed by atoms with van der Waals surface area (Å²) < 4.78 is 0.837. The molecule has 0 bridgehead atoms. The zero-order valence-corrected chi connectivity index (χ0v) is 13.3. The molecule has 0 amide bonds. The van der Waals surface area contributed by atoms with Gasteiger partial charge in [0.05, 0.1) is 0 Å². The van der Waals surface area contributed by atoms with E-state index in [4.69, 9.17) is 0 Å². The van der Waals surface area contributed by atoms with Gasteiger partial charge in [-0.15, -0.1) is 0 Å². The van der Waals surface area contributed by atoms with E-state index in [0.717, 1.165) is 23.0 Å². The fourth-order valence-corrected chi connectivity index (χ4v) is 2.60. The summed E-state index contributed by atoms with van der Waals surface area (Å²) in [5.74, 6) is 0. The Morgan fingerprint density at radius 3 is 2.40 bits per heavy atom. The zero-order valence-electron chi connectivity index (χ0n) is 11.7. The predicted octanol–water partition coefficient (Wildman–Crippen LogP) is 4.68. The summed E-state index contributed by atoms with van der Waals surface area (Å²) >= 11 is 3.45. The monoisotopic (exact) mass is 331 g/mol. The van der Waals surface area contributed by atoms with Gasteiger partial charge in [-0.25, -0.2) is 0 Å². The van der Waals surface area contributed by atoms with E-state index in [1.807, 2.05) is 24.3 Å². The number of carbonyl (C=O) groups excluding carboxylic acids is 1. The summed E-state index contributed by atoms with van der Waals surface area (Å²) in [6.07, 6.45) is 0.866. The van der Waals surface area contributed by atoms with E-state index < -0.39 is 0 Å². The molecule has 3 heteroatoms. The van der Waals surface area contributed by atoms with Gasteiger partial charge in [-0.2, -0.15) is 0 Å². The third-order valence-corrected chi connectivity index (χ3v) is 3.95. The molecule has 0 aromatic heterocycles. The van der Waals surface area contributed by atoms with Gasteiger partial charge in [-0.05, 0) is 53.5 Å². The number of halogens is 1. The Hall–Kier alpha value is -1.61. The van der Waals surface area contributed by atoms with E-state index in [1.54, 1.807) is 0 Å². The fourth-order valence-electron chi connectivity index (χ4n) is 2.14.